The molecule has 1 aliphatic rings. The van der Waals surface area contributed by atoms with Crippen LogP contribution in [0.2, 0.25) is 0 Å². The summed E-state index contributed by atoms with van der Waals surface area (Å²) in [6.45, 7) is 0.962. The van der Waals surface area contributed by atoms with Gasteiger partial charge in [-0.15, -0.1) is 10.2 Å². The highest BCUT2D eigenvalue weighted by Crippen LogP contribution is 2.33. The van der Waals surface area contributed by atoms with Gasteiger partial charge in [0, 0.05) is 18.2 Å². The molecule has 1 aliphatic heterocycles. The lowest BCUT2D eigenvalue weighted by Crippen LogP contribution is -2.24. The molecule has 4 rings (SSSR count). The fourth-order valence-corrected chi connectivity index (χ4v) is 3.27. The molecule has 1 N–H and O–H groups in total. The highest BCUT2D eigenvalue weighted by molar-refractivity contribution is 5.51. The van der Waals surface area contributed by atoms with Crippen LogP contribution in [0.3, 0.4) is 0 Å². The minimum Gasteiger partial charge on any atom is -0.419 e. The number of halogens is 1. The maximum absolute atomic E-state index is 13.2. The summed E-state index contributed by atoms with van der Waals surface area (Å²) in [4.78, 5) is 2.08. The minimum absolute atomic E-state index is 0.00248. The van der Waals surface area contributed by atoms with Crippen LogP contribution in [-0.4, -0.2) is 32.9 Å². The number of aliphatic hydroxyl groups is 1. The molecule has 0 amide bonds. The number of nitrogens with zero attached hydrogens (tertiary/aromatic N) is 3. The Balaban J connectivity index is 1.53. The van der Waals surface area contributed by atoms with Crippen molar-refractivity contribution in [3.8, 4) is 11.5 Å². The zero-order valence-corrected chi connectivity index (χ0v) is 13.5. The third kappa shape index (κ3) is 3.45. The third-order valence-corrected chi connectivity index (χ3v) is 4.46. The van der Waals surface area contributed by atoms with Gasteiger partial charge in [-0.05, 0) is 36.2 Å². The van der Waals surface area contributed by atoms with Crippen molar-refractivity contribution >= 4 is 0 Å². The van der Waals surface area contributed by atoms with Gasteiger partial charge in [-0.2, -0.15) is 0 Å². The Bertz CT molecular complexity index is 835. The Morgan fingerprint density at radius 2 is 1.84 bits per heavy atom. The quantitative estimate of drug-likeness (QED) is 0.791. The average molecular weight is 339 g/mol. The summed E-state index contributed by atoms with van der Waals surface area (Å²) >= 11 is 0. The molecular formula is C19H18FN3O2. The summed E-state index contributed by atoms with van der Waals surface area (Å²) in [6.07, 6.45) is 0.178. The molecule has 0 unspecified atom stereocenters. The van der Waals surface area contributed by atoms with Crippen molar-refractivity contribution in [2.45, 2.75) is 25.1 Å². The predicted octanol–water partition coefficient (Wildman–Crippen LogP) is 3.18. The molecule has 2 atom stereocenters. The van der Waals surface area contributed by atoms with Crippen molar-refractivity contribution in [2.24, 2.45) is 0 Å². The lowest BCUT2D eigenvalue weighted by molar-refractivity contribution is 0.167. The van der Waals surface area contributed by atoms with E-state index >= 15 is 0 Å². The van der Waals surface area contributed by atoms with Gasteiger partial charge in [0.05, 0.1) is 12.6 Å². The Morgan fingerprint density at radius 1 is 1.08 bits per heavy atom. The Morgan fingerprint density at radius 3 is 2.60 bits per heavy atom. The van der Waals surface area contributed by atoms with Gasteiger partial charge in [-0.1, -0.05) is 30.3 Å². The highest BCUT2D eigenvalue weighted by Gasteiger charge is 2.33. The van der Waals surface area contributed by atoms with Gasteiger partial charge >= 0.3 is 0 Å². The van der Waals surface area contributed by atoms with Crippen molar-refractivity contribution in [3.05, 3.63) is 71.9 Å². The molecule has 2 aromatic carbocycles. The SMILES string of the molecule is O[C@@H]1C[C@H](c2ccc(F)cc2)N(Cc2nnc(-c3ccccc3)o2)C1. The van der Waals surface area contributed by atoms with Crippen LogP contribution in [0.5, 0.6) is 0 Å². The van der Waals surface area contributed by atoms with E-state index in [1.807, 2.05) is 30.3 Å². The molecule has 0 bridgehead atoms. The topological polar surface area (TPSA) is 62.4 Å². The van der Waals surface area contributed by atoms with Gasteiger partial charge < -0.3 is 9.52 Å². The minimum atomic E-state index is -0.424. The first kappa shape index (κ1) is 15.9. The number of aromatic nitrogens is 2. The Hall–Kier alpha value is -2.57. The van der Waals surface area contributed by atoms with Gasteiger partial charge in [0.25, 0.3) is 0 Å². The van der Waals surface area contributed by atoms with E-state index in [-0.39, 0.29) is 11.9 Å². The number of rotatable bonds is 4. The number of benzene rings is 2. The fraction of sp³-hybridized carbons (Fsp3) is 0.263. The van der Waals surface area contributed by atoms with E-state index < -0.39 is 6.10 Å². The molecule has 0 radical (unpaired) electrons. The van der Waals surface area contributed by atoms with Crippen molar-refractivity contribution in [1.29, 1.82) is 0 Å². The molecule has 5 nitrogen and oxygen atoms in total. The monoisotopic (exact) mass is 339 g/mol. The van der Waals surface area contributed by atoms with Gasteiger partial charge in [0.2, 0.25) is 11.8 Å². The smallest absolute Gasteiger partial charge is 0.247 e. The summed E-state index contributed by atoms with van der Waals surface area (Å²) in [6, 6.07) is 16.0. The highest BCUT2D eigenvalue weighted by atomic mass is 19.1. The normalized spacial score (nSPS) is 20.9. The van der Waals surface area contributed by atoms with Crippen LogP contribution in [-0.2, 0) is 6.54 Å². The number of aliphatic hydroxyl groups excluding tert-OH is 1. The van der Waals surface area contributed by atoms with Crippen LogP contribution >= 0.6 is 0 Å². The molecule has 0 saturated carbocycles. The Kier molecular flexibility index (Phi) is 4.29. The standard InChI is InChI=1S/C19H18FN3O2/c20-15-8-6-13(7-9-15)17-10-16(24)11-23(17)12-18-21-22-19(25-18)14-4-2-1-3-5-14/h1-9,16-17,24H,10-12H2/t16-,17-/m1/s1. The van der Waals surface area contributed by atoms with Crippen molar-refractivity contribution < 1.29 is 13.9 Å². The van der Waals surface area contributed by atoms with Gasteiger partial charge in [-0.3, -0.25) is 4.90 Å². The molecule has 3 aromatic rings. The number of hydrogen-bond acceptors (Lipinski definition) is 5. The van der Waals surface area contributed by atoms with Crippen LogP contribution in [0.25, 0.3) is 11.5 Å². The summed E-state index contributed by atoms with van der Waals surface area (Å²) in [5.74, 6) is 0.715. The number of hydrogen-bond donors (Lipinski definition) is 1. The van der Waals surface area contributed by atoms with Crippen LogP contribution in [0.1, 0.15) is 23.9 Å². The van der Waals surface area contributed by atoms with Crippen molar-refractivity contribution in [1.82, 2.24) is 15.1 Å². The number of likely N-dealkylation sites (tertiary alicyclic amines) is 1. The molecule has 1 fully saturated rings. The molecule has 6 heteroatoms. The Labute approximate surface area is 144 Å². The summed E-state index contributed by atoms with van der Waals surface area (Å²) in [7, 11) is 0. The van der Waals surface area contributed by atoms with Crippen LogP contribution in [0.15, 0.2) is 59.0 Å². The summed E-state index contributed by atoms with van der Waals surface area (Å²) in [5.41, 5.74) is 1.85. The zero-order valence-electron chi connectivity index (χ0n) is 13.5. The second-order valence-electron chi connectivity index (χ2n) is 6.25. The first-order chi connectivity index (χ1) is 12.2. The maximum atomic E-state index is 13.2. The zero-order chi connectivity index (χ0) is 17.2. The summed E-state index contributed by atoms with van der Waals surface area (Å²) < 4.78 is 18.9. The van der Waals surface area contributed by atoms with Crippen molar-refractivity contribution in [2.75, 3.05) is 6.54 Å². The molecular weight excluding hydrogens is 321 g/mol. The van der Waals surface area contributed by atoms with E-state index in [2.05, 4.69) is 15.1 Å². The first-order valence-corrected chi connectivity index (χ1v) is 8.24. The van der Waals surface area contributed by atoms with E-state index in [4.69, 9.17) is 4.42 Å². The van der Waals surface area contributed by atoms with E-state index in [9.17, 15) is 9.50 Å². The lowest BCUT2D eigenvalue weighted by atomic mass is 10.0. The van der Waals surface area contributed by atoms with E-state index in [1.54, 1.807) is 12.1 Å². The summed E-state index contributed by atoms with van der Waals surface area (Å²) in [5, 5.41) is 18.3. The molecule has 1 aromatic heterocycles. The molecule has 0 spiro atoms. The first-order valence-electron chi connectivity index (χ1n) is 8.24. The second-order valence-corrected chi connectivity index (χ2v) is 6.25. The van der Waals surface area contributed by atoms with Gasteiger partial charge in [-0.25, -0.2) is 4.39 Å². The van der Waals surface area contributed by atoms with E-state index in [1.165, 1.54) is 12.1 Å². The van der Waals surface area contributed by atoms with Crippen LogP contribution in [0.4, 0.5) is 4.39 Å². The van der Waals surface area contributed by atoms with Crippen molar-refractivity contribution in [3.63, 3.8) is 0 Å². The van der Waals surface area contributed by atoms with E-state index in [0.717, 1.165) is 11.1 Å². The molecule has 25 heavy (non-hydrogen) atoms. The van der Waals surface area contributed by atoms with E-state index in [0.29, 0.717) is 31.3 Å². The van der Waals surface area contributed by atoms with Crippen LogP contribution < -0.4 is 0 Å². The van der Waals surface area contributed by atoms with Gasteiger partial charge in [0.15, 0.2) is 0 Å². The second kappa shape index (κ2) is 6.74. The average Bonchev–Trinajstić information content (AvgIpc) is 3.23. The molecule has 128 valence electrons. The largest absolute Gasteiger partial charge is 0.419 e. The maximum Gasteiger partial charge on any atom is 0.247 e. The fourth-order valence-electron chi connectivity index (χ4n) is 3.27. The molecule has 2 heterocycles. The van der Waals surface area contributed by atoms with Gasteiger partial charge in [0.1, 0.15) is 5.82 Å². The number of β-amino-alcohol motifs (C(OH)–C–C–N with tert-alkyl or cyclic N) is 1. The third-order valence-electron chi connectivity index (χ3n) is 4.46. The predicted molar refractivity (Wildman–Crippen MR) is 89.9 cm³/mol. The lowest BCUT2D eigenvalue weighted by Gasteiger charge is -2.22. The van der Waals surface area contributed by atoms with Crippen LogP contribution in [0, 0.1) is 5.82 Å². The molecule has 1 saturated heterocycles. The molecule has 0 aliphatic carbocycles.